The van der Waals surface area contributed by atoms with Crippen LogP contribution in [0, 0.1) is 29.6 Å². The summed E-state index contributed by atoms with van der Waals surface area (Å²) in [5, 5.41) is 29.4. The number of nitrogens with zero attached hydrogens (tertiary/aromatic N) is 2. The highest BCUT2D eigenvalue weighted by Crippen LogP contribution is 2.41. The third-order valence-electron chi connectivity index (χ3n) is 7.70. The molecule has 0 amide bonds. The quantitative estimate of drug-likeness (QED) is 0.621. The monoisotopic (exact) mass is 402 g/mol. The maximum Gasteiger partial charge on any atom is 0.144 e. The van der Waals surface area contributed by atoms with Gasteiger partial charge in [0.05, 0.1) is 54.4 Å². The van der Waals surface area contributed by atoms with Crippen LogP contribution in [0.5, 0.6) is 0 Å². The van der Waals surface area contributed by atoms with Crippen molar-refractivity contribution in [3.63, 3.8) is 0 Å². The van der Waals surface area contributed by atoms with Gasteiger partial charge in [0.25, 0.3) is 0 Å². The predicted molar refractivity (Wildman–Crippen MR) is 117 cm³/mol. The Balaban J connectivity index is 0.000000280. The molecular weight excluding hydrogens is 352 g/mol. The molecule has 2 saturated carbocycles. The van der Waals surface area contributed by atoms with Gasteiger partial charge in [0, 0.05) is 11.8 Å². The van der Waals surface area contributed by atoms with Gasteiger partial charge in [-0.25, -0.2) is 0 Å². The fourth-order valence-electron chi connectivity index (χ4n) is 5.92. The second-order valence-electron chi connectivity index (χ2n) is 11.9. The second kappa shape index (κ2) is 9.30. The number of aliphatic hydroxyl groups excluding tert-OH is 3. The van der Waals surface area contributed by atoms with Crippen molar-refractivity contribution in [1.29, 1.82) is 0 Å². The average Bonchev–Trinajstić information content (AvgIpc) is 2.49. The molecule has 0 aromatic heterocycles. The molecule has 2 aliphatic rings. The van der Waals surface area contributed by atoms with Crippen molar-refractivity contribution in [3.8, 4) is 0 Å². The molecule has 5 nitrogen and oxygen atoms in total. The van der Waals surface area contributed by atoms with E-state index >= 15 is 0 Å². The number of rotatable bonds is 2. The van der Waals surface area contributed by atoms with Gasteiger partial charge in [-0.3, -0.25) is 0 Å². The number of hydrogen-bond acceptors (Lipinski definition) is 3. The van der Waals surface area contributed by atoms with Gasteiger partial charge in [-0.05, 0) is 30.6 Å². The van der Waals surface area contributed by atoms with Gasteiger partial charge >= 0.3 is 0 Å². The van der Waals surface area contributed by atoms with Crippen LogP contribution in [0.1, 0.15) is 47.5 Å². The minimum atomic E-state index is -0.832. The van der Waals surface area contributed by atoms with Gasteiger partial charge in [0.1, 0.15) is 18.2 Å². The van der Waals surface area contributed by atoms with Crippen molar-refractivity contribution in [2.45, 2.75) is 77.9 Å². The number of quaternary nitrogens is 2. The largest absolute Gasteiger partial charge is 0.390 e. The smallest absolute Gasteiger partial charge is 0.144 e. The second-order valence-corrected chi connectivity index (χ2v) is 11.9. The van der Waals surface area contributed by atoms with Crippen LogP contribution in [-0.4, -0.2) is 97.0 Å². The molecule has 0 saturated heterocycles. The van der Waals surface area contributed by atoms with Crippen LogP contribution in [-0.2, 0) is 0 Å². The Morgan fingerprint density at radius 3 is 1.29 bits per heavy atom. The first-order valence-corrected chi connectivity index (χ1v) is 11.2. The zero-order valence-electron chi connectivity index (χ0n) is 20.4. The zero-order valence-corrected chi connectivity index (χ0v) is 20.4. The first kappa shape index (κ1) is 25.8. The number of aliphatic hydroxyl groups is 3. The van der Waals surface area contributed by atoms with Crippen LogP contribution in [0.3, 0.4) is 0 Å². The van der Waals surface area contributed by atoms with E-state index in [1.807, 2.05) is 28.1 Å². The van der Waals surface area contributed by atoms with Crippen molar-refractivity contribution >= 4 is 0 Å². The molecule has 2 aliphatic carbocycles. The van der Waals surface area contributed by atoms with Crippen LogP contribution in [0.15, 0.2) is 0 Å². The van der Waals surface area contributed by atoms with Crippen LogP contribution in [0.2, 0.25) is 0 Å². The summed E-state index contributed by atoms with van der Waals surface area (Å²) in [5.41, 5.74) is 0. The Labute approximate surface area is 174 Å². The van der Waals surface area contributed by atoms with Crippen molar-refractivity contribution in [2.24, 2.45) is 29.6 Å². The van der Waals surface area contributed by atoms with Crippen molar-refractivity contribution < 1.29 is 24.3 Å². The van der Waals surface area contributed by atoms with Crippen molar-refractivity contribution in [3.05, 3.63) is 0 Å². The highest BCUT2D eigenvalue weighted by Gasteiger charge is 2.48. The Morgan fingerprint density at radius 2 is 0.929 bits per heavy atom. The lowest BCUT2D eigenvalue weighted by Gasteiger charge is -2.49. The Hall–Kier alpha value is -0.200. The minimum absolute atomic E-state index is 0.0377. The first-order chi connectivity index (χ1) is 12.5. The molecule has 5 heteroatoms. The summed E-state index contributed by atoms with van der Waals surface area (Å²) in [6, 6.07) is 0.516. The van der Waals surface area contributed by atoms with Gasteiger partial charge in [0.2, 0.25) is 0 Å². The van der Waals surface area contributed by atoms with E-state index in [9.17, 15) is 15.3 Å². The van der Waals surface area contributed by atoms with Crippen LogP contribution < -0.4 is 0 Å². The van der Waals surface area contributed by atoms with E-state index in [2.05, 4.69) is 48.8 Å². The molecule has 0 heterocycles. The molecule has 0 aromatic rings. The zero-order chi connectivity index (χ0) is 22.2. The molecule has 0 aromatic carbocycles. The highest BCUT2D eigenvalue weighted by molar-refractivity contribution is 4.92. The molecule has 2 fully saturated rings. The minimum Gasteiger partial charge on any atom is -0.390 e. The maximum absolute atomic E-state index is 9.97. The summed E-state index contributed by atoms with van der Waals surface area (Å²) in [4.78, 5) is 0. The molecule has 0 radical (unpaired) electrons. The molecule has 0 bridgehead atoms. The molecular formula is C23H50N2O3+2. The van der Waals surface area contributed by atoms with E-state index in [4.69, 9.17) is 0 Å². The van der Waals surface area contributed by atoms with E-state index in [1.165, 1.54) is 6.42 Å². The lowest BCUT2D eigenvalue weighted by atomic mass is 9.66. The normalized spacial score (nSPS) is 45.2. The van der Waals surface area contributed by atoms with Crippen LogP contribution in [0.25, 0.3) is 0 Å². The fourth-order valence-corrected chi connectivity index (χ4v) is 5.92. The summed E-state index contributed by atoms with van der Waals surface area (Å²) < 4.78 is 1.58. The highest BCUT2D eigenvalue weighted by atomic mass is 16.3. The SMILES string of the molecule is CC1CC(C)[C@@H](C)C([N+](C)(C)C)C1C.CC1CC(O)C(O)C([N+](C)(C)C)[C@@H]1O. The lowest BCUT2D eigenvalue weighted by Crippen LogP contribution is -2.65. The average molecular weight is 403 g/mol. The van der Waals surface area contributed by atoms with Gasteiger partial charge in [-0.15, -0.1) is 0 Å². The van der Waals surface area contributed by atoms with E-state index in [1.54, 1.807) is 0 Å². The van der Waals surface area contributed by atoms with Gasteiger partial charge < -0.3 is 24.3 Å². The summed E-state index contributed by atoms with van der Waals surface area (Å²) in [6.45, 7) is 11.6. The van der Waals surface area contributed by atoms with E-state index < -0.39 is 18.3 Å². The molecule has 10 atom stereocenters. The Morgan fingerprint density at radius 1 is 0.536 bits per heavy atom. The Kier molecular flexibility index (Phi) is 8.58. The van der Waals surface area contributed by atoms with E-state index in [0.717, 1.165) is 34.2 Å². The summed E-state index contributed by atoms with van der Waals surface area (Å²) in [5.74, 6) is 3.55. The fraction of sp³-hybridized carbons (Fsp3) is 1.00. The van der Waals surface area contributed by atoms with E-state index in [-0.39, 0.29) is 12.0 Å². The number of hydrogen-bond donors (Lipinski definition) is 3. The third-order valence-corrected chi connectivity index (χ3v) is 7.70. The van der Waals surface area contributed by atoms with Crippen molar-refractivity contribution in [2.75, 3.05) is 42.3 Å². The molecule has 3 N–H and O–H groups in total. The molecule has 168 valence electrons. The molecule has 2 rings (SSSR count). The van der Waals surface area contributed by atoms with E-state index in [0.29, 0.717) is 10.9 Å². The lowest BCUT2D eigenvalue weighted by molar-refractivity contribution is -0.906. The third kappa shape index (κ3) is 5.91. The van der Waals surface area contributed by atoms with Crippen LogP contribution in [0.4, 0.5) is 0 Å². The molecule has 0 spiro atoms. The van der Waals surface area contributed by atoms with Gasteiger partial charge in [0.15, 0.2) is 0 Å². The Bertz CT molecular complexity index is 413. The standard InChI is InChI=1S/C13H28N.C10H22NO3/c1-9-8-10(2)12(4)13(11(9)3)14(5,6)7;1-6-5-7(12)10(14)8(9(6)13)11(2,3)4/h9-13H,8H2,1-7H3;6-10,12-14H,5H2,1-4H3/q2*+1/t9?,10?,11-,12?,13?;6?,7?,8?,9-,10?/m11/s1. The van der Waals surface area contributed by atoms with Crippen LogP contribution >= 0.6 is 0 Å². The van der Waals surface area contributed by atoms with Crippen molar-refractivity contribution in [1.82, 2.24) is 0 Å². The summed E-state index contributed by atoms with van der Waals surface area (Å²) in [7, 11) is 12.8. The van der Waals surface area contributed by atoms with Gasteiger partial charge in [-0.2, -0.15) is 0 Å². The molecule has 28 heavy (non-hydrogen) atoms. The number of likely N-dealkylation sites (N-methyl/N-ethyl adjacent to an activating group) is 1. The summed E-state index contributed by atoms with van der Waals surface area (Å²) in [6.07, 6.45) is -0.206. The van der Waals surface area contributed by atoms with Gasteiger partial charge in [-0.1, -0.05) is 34.6 Å². The first-order valence-electron chi connectivity index (χ1n) is 11.2. The molecule has 8 unspecified atom stereocenters. The maximum atomic E-state index is 9.97. The molecule has 0 aliphatic heterocycles. The summed E-state index contributed by atoms with van der Waals surface area (Å²) >= 11 is 0. The predicted octanol–water partition coefficient (Wildman–Crippen LogP) is 2.19. The topological polar surface area (TPSA) is 60.7 Å².